The Morgan fingerprint density at radius 3 is 1.23 bits per heavy atom. The lowest BCUT2D eigenvalue weighted by molar-refractivity contribution is -0.139. The summed E-state index contributed by atoms with van der Waals surface area (Å²) in [5.74, 6) is -0.982. The maximum Gasteiger partial charge on any atom is 0.416 e. The smallest absolute Gasteiger partial charge is 0.289 e. The molecule has 0 saturated carbocycles. The van der Waals surface area contributed by atoms with Crippen molar-refractivity contribution in [3.63, 3.8) is 0 Å². The summed E-state index contributed by atoms with van der Waals surface area (Å²) in [5.41, 5.74) is -2.33. The van der Waals surface area contributed by atoms with E-state index in [9.17, 15) is 31.1 Å². The van der Waals surface area contributed by atoms with Gasteiger partial charge in [-0.25, -0.2) is 0 Å². The molecule has 0 radical (unpaired) electrons. The lowest BCUT2D eigenvalue weighted by atomic mass is 9.86. The van der Waals surface area contributed by atoms with Gasteiger partial charge >= 0.3 is 12.4 Å². The van der Waals surface area contributed by atoms with Gasteiger partial charge in [-0.1, -0.05) is 48.5 Å². The van der Waals surface area contributed by atoms with Crippen LogP contribution < -0.4 is 0 Å². The molecule has 0 amide bonds. The SMILES string of the molecule is N#Cc1ccc(Cc2c(C(=O)c3cccc(C(F)(F)F)c3Cc3ccc(C#N)cc3)cccc2C(F)(F)F)cc1. The molecule has 0 atom stereocenters. The number of rotatable bonds is 6. The number of ketones is 1. The van der Waals surface area contributed by atoms with Gasteiger partial charge in [0, 0.05) is 11.1 Å². The summed E-state index contributed by atoms with van der Waals surface area (Å²) in [6.45, 7) is 0. The van der Waals surface area contributed by atoms with Crippen molar-refractivity contribution in [3.05, 3.63) is 141 Å². The molecule has 0 heterocycles. The summed E-state index contributed by atoms with van der Waals surface area (Å²) in [7, 11) is 0. The first kappa shape index (κ1) is 28.1. The average molecular weight is 548 g/mol. The van der Waals surface area contributed by atoms with Crippen LogP contribution in [0.1, 0.15) is 60.4 Å². The predicted octanol–water partition coefficient (Wildman–Crippen LogP) is 7.88. The van der Waals surface area contributed by atoms with Crippen molar-refractivity contribution in [3.8, 4) is 12.1 Å². The summed E-state index contributed by atoms with van der Waals surface area (Å²) < 4.78 is 84.2. The van der Waals surface area contributed by atoms with Crippen molar-refractivity contribution in [1.29, 1.82) is 10.5 Å². The number of hydrogen-bond donors (Lipinski definition) is 0. The fourth-order valence-corrected chi connectivity index (χ4v) is 4.46. The first-order valence-corrected chi connectivity index (χ1v) is 11.8. The fraction of sp³-hybridized carbons (Fsp3) is 0.129. The molecule has 0 aliphatic heterocycles. The van der Waals surface area contributed by atoms with Gasteiger partial charge in [0.15, 0.2) is 5.78 Å². The second kappa shape index (κ2) is 11.1. The number of nitrogens with zero attached hydrogens (tertiary/aromatic N) is 2. The normalized spacial score (nSPS) is 11.5. The second-order valence-corrected chi connectivity index (χ2v) is 8.96. The molecule has 0 aliphatic rings. The zero-order valence-corrected chi connectivity index (χ0v) is 20.6. The lowest BCUT2D eigenvalue weighted by Gasteiger charge is -2.20. The van der Waals surface area contributed by atoms with Gasteiger partial charge in [-0.3, -0.25) is 4.79 Å². The van der Waals surface area contributed by atoms with Gasteiger partial charge in [0.1, 0.15) is 0 Å². The molecule has 4 aromatic rings. The molecule has 3 nitrogen and oxygen atoms in total. The van der Waals surface area contributed by atoms with Crippen molar-refractivity contribution in [1.82, 2.24) is 0 Å². The summed E-state index contributed by atoms with van der Waals surface area (Å²) in [6.07, 6.45) is -10.4. The summed E-state index contributed by atoms with van der Waals surface area (Å²) in [5, 5.41) is 18.0. The van der Waals surface area contributed by atoms with E-state index in [1.54, 1.807) is 0 Å². The Kier molecular flexibility index (Phi) is 7.79. The van der Waals surface area contributed by atoms with Crippen LogP contribution in [0.5, 0.6) is 0 Å². The van der Waals surface area contributed by atoms with E-state index in [-0.39, 0.29) is 35.1 Å². The minimum Gasteiger partial charge on any atom is -0.289 e. The molecule has 0 bridgehead atoms. The number of alkyl halides is 6. The molecule has 9 heteroatoms. The Hall–Kier alpha value is -4.89. The second-order valence-electron chi connectivity index (χ2n) is 8.96. The minimum absolute atomic E-state index is 0.292. The van der Waals surface area contributed by atoms with Crippen LogP contribution in [0.15, 0.2) is 84.9 Å². The van der Waals surface area contributed by atoms with Crippen LogP contribution in [0.4, 0.5) is 26.3 Å². The molecule has 0 spiro atoms. The largest absolute Gasteiger partial charge is 0.416 e. The molecule has 0 saturated heterocycles. The van der Waals surface area contributed by atoms with E-state index in [1.807, 2.05) is 12.1 Å². The number of carbonyl (C=O) groups excluding carboxylic acids is 1. The van der Waals surface area contributed by atoms with Crippen LogP contribution in [-0.4, -0.2) is 5.78 Å². The maximum absolute atomic E-state index is 14.0. The number of carbonyl (C=O) groups is 1. The molecule has 0 aliphatic carbocycles. The lowest BCUT2D eigenvalue weighted by Crippen LogP contribution is -2.18. The average Bonchev–Trinajstić information content (AvgIpc) is 2.92. The molecule has 4 rings (SSSR count). The minimum atomic E-state index is -4.84. The monoisotopic (exact) mass is 548 g/mol. The summed E-state index contributed by atoms with van der Waals surface area (Å²) in [4.78, 5) is 13.8. The molecule has 0 aromatic heterocycles. The third-order valence-corrected chi connectivity index (χ3v) is 6.38. The highest BCUT2D eigenvalue weighted by Crippen LogP contribution is 2.38. The summed E-state index contributed by atoms with van der Waals surface area (Å²) in [6, 6.07) is 21.4. The molecule has 0 N–H and O–H groups in total. The van der Waals surface area contributed by atoms with Crippen LogP contribution in [0, 0.1) is 22.7 Å². The summed E-state index contributed by atoms with van der Waals surface area (Å²) >= 11 is 0. The van der Waals surface area contributed by atoms with Gasteiger partial charge in [0.05, 0.1) is 34.4 Å². The van der Waals surface area contributed by atoms with E-state index in [0.29, 0.717) is 22.3 Å². The van der Waals surface area contributed by atoms with Crippen LogP contribution in [0.25, 0.3) is 0 Å². The van der Waals surface area contributed by atoms with Crippen LogP contribution >= 0.6 is 0 Å². The van der Waals surface area contributed by atoms with E-state index < -0.39 is 29.3 Å². The van der Waals surface area contributed by atoms with Gasteiger partial charge in [-0.05, 0) is 71.5 Å². The zero-order chi connectivity index (χ0) is 29.1. The number of nitriles is 2. The van der Waals surface area contributed by atoms with Crippen molar-refractivity contribution < 1.29 is 31.1 Å². The molecule has 4 aromatic carbocycles. The Morgan fingerprint density at radius 2 is 0.925 bits per heavy atom. The molecule has 0 unspecified atom stereocenters. The Balaban J connectivity index is 1.88. The predicted molar refractivity (Wildman–Crippen MR) is 134 cm³/mol. The fourth-order valence-electron chi connectivity index (χ4n) is 4.46. The molecular formula is C31H18F6N2O. The molecule has 0 fully saturated rings. The van der Waals surface area contributed by atoms with Crippen molar-refractivity contribution in [2.45, 2.75) is 25.2 Å². The maximum atomic E-state index is 14.0. The van der Waals surface area contributed by atoms with E-state index in [4.69, 9.17) is 10.5 Å². The molecule has 40 heavy (non-hydrogen) atoms. The van der Waals surface area contributed by atoms with Gasteiger partial charge in [-0.15, -0.1) is 0 Å². The first-order valence-electron chi connectivity index (χ1n) is 11.8. The third-order valence-electron chi connectivity index (χ3n) is 6.38. The molecular weight excluding hydrogens is 530 g/mol. The van der Waals surface area contributed by atoms with Gasteiger partial charge in [-0.2, -0.15) is 36.9 Å². The van der Waals surface area contributed by atoms with Gasteiger partial charge < -0.3 is 0 Å². The van der Waals surface area contributed by atoms with E-state index in [0.717, 1.165) is 24.3 Å². The van der Waals surface area contributed by atoms with Crippen molar-refractivity contribution in [2.75, 3.05) is 0 Å². The van der Waals surface area contributed by atoms with Crippen molar-refractivity contribution in [2.24, 2.45) is 0 Å². The van der Waals surface area contributed by atoms with Crippen molar-refractivity contribution >= 4 is 5.78 Å². The highest BCUT2D eigenvalue weighted by atomic mass is 19.4. The van der Waals surface area contributed by atoms with Gasteiger partial charge in [0.2, 0.25) is 0 Å². The topological polar surface area (TPSA) is 64.7 Å². The van der Waals surface area contributed by atoms with Crippen LogP contribution in [0.3, 0.4) is 0 Å². The van der Waals surface area contributed by atoms with Crippen LogP contribution in [-0.2, 0) is 25.2 Å². The Morgan fingerprint density at radius 1 is 0.575 bits per heavy atom. The third kappa shape index (κ3) is 6.05. The zero-order valence-electron chi connectivity index (χ0n) is 20.6. The van der Waals surface area contributed by atoms with Crippen LogP contribution in [0.2, 0.25) is 0 Å². The van der Waals surface area contributed by atoms with E-state index >= 15 is 0 Å². The Labute approximate surface area is 225 Å². The number of hydrogen-bond acceptors (Lipinski definition) is 3. The molecule has 200 valence electrons. The number of benzene rings is 4. The Bertz CT molecular complexity index is 1520. The van der Waals surface area contributed by atoms with Gasteiger partial charge in [0.25, 0.3) is 0 Å². The highest BCUT2D eigenvalue weighted by Gasteiger charge is 2.37. The van der Waals surface area contributed by atoms with E-state index in [1.165, 1.54) is 60.7 Å². The number of halogens is 6. The quantitative estimate of drug-likeness (QED) is 0.182. The standard InChI is InChI=1S/C31H18F6N2O/c32-30(33,34)27-5-1-3-23(25(27)15-19-7-11-21(17-38)12-8-19)29(40)24-4-2-6-28(31(35,36)37)26(24)16-20-9-13-22(18-39)14-10-20/h1-14H,15-16H2. The van der Waals surface area contributed by atoms with E-state index in [2.05, 4.69) is 0 Å². The first-order chi connectivity index (χ1) is 18.9. The highest BCUT2D eigenvalue weighted by molar-refractivity contribution is 6.11.